The molecular weight excluding hydrogens is 302 g/mol. The Morgan fingerprint density at radius 1 is 1.33 bits per heavy atom. The second-order valence-corrected chi connectivity index (χ2v) is 7.81. The molecule has 0 bridgehead atoms. The highest BCUT2D eigenvalue weighted by atomic mass is 16.5. The van der Waals surface area contributed by atoms with Crippen LogP contribution in [0.2, 0.25) is 0 Å². The van der Waals surface area contributed by atoms with Crippen molar-refractivity contribution in [3.8, 4) is 0 Å². The minimum atomic E-state index is -0.679. The van der Waals surface area contributed by atoms with Gasteiger partial charge in [-0.05, 0) is 50.2 Å². The second kappa shape index (κ2) is 5.28. The number of nitrogens with zero attached hydrogens (tertiary/aromatic N) is 1. The zero-order valence-electron chi connectivity index (χ0n) is 14.8. The number of hydrogen-bond donors (Lipinski definition) is 2. The fourth-order valence-electron chi connectivity index (χ4n) is 5.25. The van der Waals surface area contributed by atoms with Crippen molar-refractivity contribution in [2.24, 2.45) is 11.1 Å². The molecule has 2 aliphatic carbocycles. The van der Waals surface area contributed by atoms with Crippen molar-refractivity contribution < 1.29 is 9.53 Å². The van der Waals surface area contributed by atoms with Gasteiger partial charge < -0.3 is 9.64 Å². The van der Waals surface area contributed by atoms with E-state index < -0.39 is 11.8 Å². The Morgan fingerprint density at radius 3 is 2.62 bits per heavy atom. The monoisotopic (exact) mass is 329 g/mol. The van der Waals surface area contributed by atoms with Crippen molar-refractivity contribution in [1.82, 2.24) is 10.2 Å². The molecule has 1 heterocycles. The standard InChI is InChI=1S/C19H27N3O2/c1-12-4-5-13-11-18(8-6-14(24-3)7-9-18)19(15(13)10-12)16(23)22(2)17(20)21-19/h4-5,10,14,17,21H,6-9,11,20H2,1-3H3. The first-order valence-corrected chi connectivity index (χ1v) is 8.87. The van der Waals surface area contributed by atoms with Crippen LogP contribution in [0.25, 0.3) is 0 Å². The maximum atomic E-state index is 13.4. The Labute approximate surface area is 143 Å². The molecule has 2 unspecified atom stereocenters. The lowest BCUT2D eigenvalue weighted by atomic mass is 9.61. The summed E-state index contributed by atoms with van der Waals surface area (Å²) in [6.45, 7) is 2.09. The van der Waals surface area contributed by atoms with Gasteiger partial charge in [-0.2, -0.15) is 0 Å². The van der Waals surface area contributed by atoms with E-state index in [1.807, 2.05) is 0 Å². The first-order valence-electron chi connectivity index (χ1n) is 8.87. The van der Waals surface area contributed by atoms with Crippen LogP contribution >= 0.6 is 0 Å². The number of amides is 1. The molecule has 4 rings (SSSR count). The van der Waals surface area contributed by atoms with Crippen molar-refractivity contribution in [2.75, 3.05) is 14.2 Å². The molecule has 0 aromatic heterocycles. The molecule has 1 aliphatic heterocycles. The largest absolute Gasteiger partial charge is 0.381 e. The van der Waals surface area contributed by atoms with Gasteiger partial charge in [-0.3, -0.25) is 15.8 Å². The van der Waals surface area contributed by atoms with E-state index >= 15 is 0 Å². The third-order valence-electron chi connectivity index (χ3n) is 6.64. The van der Waals surface area contributed by atoms with E-state index in [1.165, 1.54) is 11.1 Å². The minimum absolute atomic E-state index is 0.0996. The molecule has 1 saturated carbocycles. The van der Waals surface area contributed by atoms with Gasteiger partial charge in [0.1, 0.15) is 11.8 Å². The third-order valence-corrected chi connectivity index (χ3v) is 6.64. The predicted octanol–water partition coefficient (Wildman–Crippen LogP) is 1.63. The second-order valence-electron chi connectivity index (χ2n) is 7.81. The number of fused-ring (bicyclic) bond motifs is 3. The van der Waals surface area contributed by atoms with Gasteiger partial charge in [-0.15, -0.1) is 0 Å². The van der Waals surface area contributed by atoms with Gasteiger partial charge in [0.05, 0.1) is 6.10 Å². The summed E-state index contributed by atoms with van der Waals surface area (Å²) >= 11 is 0. The SMILES string of the molecule is COC1CCC2(CC1)Cc1ccc(C)cc1C21NC(N)N(C)C1=O. The lowest BCUT2D eigenvalue weighted by Gasteiger charge is -2.46. The normalized spacial score (nSPS) is 38.3. The molecule has 2 atom stereocenters. The van der Waals surface area contributed by atoms with Crippen LogP contribution in [0.15, 0.2) is 18.2 Å². The number of rotatable bonds is 1. The summed E-state index contributed by atoms with van der Waals surface area (Å²) in [6.07, 6.45) is 4.79. The highest BCUT2D eigenvalue weighted by Gasteiger charge is 2.66. The van der Waals surface area contributed by atoms with Gasteiger partial charge in [0.2, 0.25) is 5.91 Å². The number of methoxy groups -OCH3 is 1. The molecule has 130 valence electrons. The van der Waals surface area contributed by atoms with E-state index in [-0.39, 0.29) is 11.3 Å². The molecule has 1 aromatic carbocycles. The average Bonchev–Trinajstić information content (AvgIpc) is 2.97. The summed E-state index contributed by atoms with van der Waals surface area (Å²) in [6, 6.07) is 6.53. The Balaban J connectivity index is 1.85. The van der Waals surface area contributed by atoms with Gasteiger partial charge in [-0.25, -0.2) is 0 Å². The maximum Gasteiger partial charge on any atom is 0.250 e. The number of carbonyl (C=O) groups is 1. The summed E-state index contributed by atoms with van der Waals surface area (Å²) in [4.78, 5) is 15.1. The van der Waals surface area contributed by atoms with E-state index in [0.29, 0.717) is 6.10 Å². The minimum Gasteiger partial charge on any atom is -0.381 e. The molecule has 1 aromatic rings. The van der Waals surface area contributed by atoms with E-state index in [0.717, 1.165) is 37.7 Å². The van der Waals surface area contributed by atoms with Gasteiger partial charge in [0.25, 0.3) is 0 Å². The molecule has 5 heteroatoms. The number of carbonyl (C=O) groups excluding carboxylic acids is 1. The van der Waals surface area contributed by atoms with Gasteiger partial charge in [-0.1, -0.05) is 23.8 Å². The van der Waals surface area contributed by atoms with Crippen LogP contribution in [0.3, 0.4) is 0 Å². The maximum absolute atomic E-state index is 13.4. The predicted molar refractivity (Wildman–Crippen MR) is 92.1 cm³/mol. The van der Waals surface area contributed by atoms with E-state index in [9.17, 15) is 4.79 Å². The van der Waals surface area contributed by atoms with Crippen LogP contribution in [0, 0.1) is 12.3 Å². The highest BCUT2D eigenvalue weighted by molar-refractivity contribution is 5.92. The molecule has 1 saturated heterocycles. The van der Waals surface area contributed by atoms with Crippen molar-refractivity contribution in [3.05, 3.63) is 34.9 Å². The molecule has 5 nitrogen and oxygen atoms in total. The zero-order valence-corrected chi connectivity index (χ0v) is 14.8. The molecule has 3 N–H and O–H groups in total. The summed E-state index contributed by atoms with van der Waals surface area (Å²) in [5, 5.41) is 3.52. The number of likely N-dealkylation sites (N-methyl/N-ethyl adjacent to an activating group) is 1. The van der Waals surface area contributed by atoms with Crippen LogP contribution in [0.4, 0.5) is 0 Å². The molecule has 24 heavy (non-hydrogen) atoms. The fourth-order valence-corrected chi connectivity index (χ4v) is 5.25. The van der Waals surface area contributed by atoms with Crippen molar-refractivity contribution in [3.63, 3.8) is 0 Å². The van der Waals surface area contributed by atoms with Crippen molar-refractivity contribution in [1.29, 1.82) is 0 Å². The Kier molecular flexibility index (Phi) is 3.53. The summed E-state index contributed by atoms with van der Waals surface area (Å²) in [7, 11) is 3.59. The first-order chi connectivity index (χ1) is 11.4. The van der Waals surface area contributed by atoms with E-state index in [1.54, 1.807) is 19.1 Å². The lowest BCUT2D eigenvalue weighted by molar-refractivity contribution is -0.138. The average molecular weight is 329 g/mol. The number of hydrogen-bond acceptors (Lipinski definition) is 4. The van der Waals surface area contributed by atoms with Crippen LogP contribution in [0.1, 0.15) is 42.4 Å². The Morgan fingerprint density at radius 2 is 2.04 bits per heavy atom. The van der Waals surface area contributed by atoms with Gasteiger partial charge >= 0.3 is 0 Å². The highest BCUT2D eigenvalue weighted by Crippen LogP contribution is 2.59. The van der Waals surface area contributed by atoms with Crippen LogP contribution in [0.5, 0.6) is 0 Å². The quantitative estimate of drug-likeness (QED) is 0.822. The topological polar surface area (TPSA) is 67.6 Å². The zero-order chi connectivity index (χ0) is 17.1. The van der Waals surface area contributed by atoms with Crippen LogP contribution in [-0.2, 0) is 21.5 Å². The molecule has 3 aliphatic rings. The smallest absolute Gasteiger partial charge is 0.250 e. The summed E-state index contributed by atoms with van der Waals surface area (Å²) in [5.74, 6) is 0.121. The molecular formula is C19H27N3O2. The van der Waals surface area contributed by atoms with Crippen molar-refractivity contribution in [2.45, 2.75) is 57.0 Å². The first kappa shape index (κ1) is 16.1. The van der Waals surface area contributed by atoms with Crippen LogP contribution < -0.4 is 11.1 Å². The fraction of sp³-hybridized carbons (Fsp3) is 0.632. The number of ether oxygens (including phenoxy) is 1. The van der Waals surface area contributed by atoms with Gasteiger partial charge in [0.15, 0.2) is 0 Å². The number of aryl methyl sites for hydroxylation is 1. The molecule has 0 radical (unpaired) electrons. The summed E-state index contributed by atoms with van der Waals surface area (Å²) < 4.78 is 5.57. The summed E-state index contributed by atoms with van der Waals surface area (Å²) in [5.41, 5.74) is 9.07. The Bertz CT molecular complexity index is 681. The number of benzene rings is 1. The number of nitrogens with one attached hydrogen (secondary N) is 1. The Hall–Kier alpha value is -1.43. The molecule has 2 spiro atoms. The van der Waals surface area contributed by atoms with Crippen LogP contribution in [-0.4, -0.2) is 37.4 Å². The van der Waals surface area contributed by atoms with Crippen molar-refractivity contribution >= 4 is 5.91 Å². The van der Waals surface area contributed by atoms with Gasteiger partial charge in [0, 0.05) is 19.6 Å². The molecule has 2 fully saturated rings. The van der Waals surface area contributed by atoms with E-state index in [4.69, 9.17) is 10.5 Å². The molecule has 1 amide bonds. The third kappa shape index (κ3) is 1.89. The lowest BCUT2D eigenvalue weighted by Crippen LogP contribution is -2.57. The number of nitrogens with two attached hydrogens (primary N) is 1. The van der Waals surface area contributed by atoms with E-state index in [2.05, 4.69) is 30.4 Å².